The summed E-state index contributed by atoms with van der Waals surface area (Å²) < 4.78 is 1.43. The first-order valence-corrected chi connectivity index (χ1v) is 7.67. The highest BCUT2D eigenvalue weighted by Gasteiger charge is 2.26. The molecule has 1 aliphatic carbocycles. The number of anilines is 1. The summed E-state index contributed by atoms with van der Waals surface area (Å²) in [5.74, 6) is -0.249. The Bertz CT molecular complexity index is 729. The highest BCUT2D eigenvalue weighted by atomic mass is 32.1. The third kappa shape index (κ3) is 2.49. The number of nitrogens with zero attached hydrogens (tertiary/aromatic N) is 3. The fourth-order valence-corrected chi connectivity index (χ4v) is 3.40. The molecule has 1 amide bonds. The van der Waals surface area contributed by atoms with Crippen molar-refractivity contribution in [1.29, 1.82) is 0 Å². The van der Waals surface area contributed by atoms with Crippen LogP contribution in [-0.4, -0.2) is 26.6 Å². The van der Waals surface area contributed by atoms with Gasteiger partial charge in [-0.1, -0.05) is 25.2 Å². The fraction of sp³-hybridized carbons (Fsp3) is 0.429. The number of carbonyl (C=O) groups excluding carboxylic acids is 2. The molecule has 2 aromatic heterocycles. The Morgan fingerprint density at radius 2 is 2.14 bits per heavy atom. The molecule has 2 heterocycles. The van der Waals surface area contributed by atoms with Gasteiger partial charge in [0.25, 0.3) is 0 Å². The maximum Gasteiger partial charge on any atom is 0.249 e. The first kappa shape index (κ1) is 13.9. The maximum absolute atomic E-state index is 12.1. The number of hydrogen-bond donors (Lipinski definition) is 1. The van der Waals surface area contributed by atoms with Crippen LogP contribution in [0, 0.1) is 5.92 Å². The molecule has 0 fully saturated rings. The molecule has 0 unspecified atom stereocenters. The van der Waals surface area contributed by atoms with E-state index in [1.165, 1.54) is 22.9 Å². The lowest BCUT2D eigenvalue weighted by Crippen LogP contribution is -2.17. The number of aromatic nitrogens is 3. The molecule has 0 spiro atoms. The lowest BCUT2D eigenvalue weighted by molar-refractivity contribution is -0.114. The smallest absolute Gasteiger partial charge is 0.249 e. The number of aryl methyl sites for hydroxylation is 2. The minimum Gasteiger partial charge on any atom is -0.302 e. The monoisotopic (exact) mass is 304 g/mol. The van der Waals surface area contributed by atoms with Gasteiger partial charge in [-0.05, 0) is 18.4 Å². The second-order valence-corrected chi connectivity index (χ2v) is 6.42. The van der Waals surface area contributed by atoms with Gasteiger partial charge in [0.15, 0.2) is 5.13 Å². The molecule has 3 rings (SSSR count). The number of hydrogen-bond acceptors (Lipinski definition) is 5. The number of nitrogens with one attached hydrogen (secondary N) is 1. The van der Waals surface area contributed by atoms with E-state index in [1.54, 1.807) is 0 Å². The fourth-order valence-electron chi connectivity index (χ4n) is 2.32. The lowest BCUT2D eigenvalue weighted by atomic mass is 10.0. The Morgan fingerprint density at radius 1 is 1.38 bits per heavy atom. The molecule has 0 aromatic carbocycles. The predicted molar refractivity (Wildman–Crippen MR) is 80.5 cm³/mol. The summed E-state index contributed by atoms with van der Waals surface area (Å²) in [5.41, 5.74) is 2.83. The summed E-state index contributed by atoms with van der Waals surface area (Å²) in [6, 6.07) is 0. The zero-order valence-corrected chi connectivity index (χ0v) is 13.0. The van der Waals surface area contributed by atoms with Crippen LogP contribution in [0.2, 0.25) is 0 Å². The summed E-state index contributed by atoms with van der Waals surface area (Å²) in [6.07, 6.45) is 3.44. The average molecular weight is 304 g/mol. The lowest BCUT2D eigenvalue weighted by Gasteiger charge is -2.07. The van der Waals surface area contributed by atoms with E-state index in [2.05, 4.69) is 15.4 Å². The van der Waals surface area contributed by atoms with Crippen molar-refractivity contribution in [1.82, 2.24) is 14.8 Å². The number of carbonyl (C=O) groups is 2. The SMILES string of the molecule is CC(=O)Nc1nc2c(s1)-c1nn(C(=O)C(C)C)cc1CC2. The minimum atomic E-state index is -0.137. The third-order valence-corrected chi connectivity index (χ3v) is 4.36. The van der Waals surface area contributed by atoms with Crippen LogP contribution in [0.5, 0.6) is 0 Å². The molecule has 2 aromatic rings. The van der Waals surface area contributed by atoms with Gasteiger partial charge in [0, 0.05) is 19.0 Å². The predicted octanol–water partition coefficient (Wildman–Crippen LogP) is 2.36. The van der Waals surface area contributed by atoms with E-state index in [-0.39, 0.29) is 17.7 Å². The maximum atomic E-state index is 12.1. The van der Waals surface area contributed by atoms with Gasteiger partial charge in [-0.25, -0.2) is 9.67 Å². The molecule has 0 saturated carbocycles. The molecule has 0 aliphatic heterocycles. The van der Waals surface area contributed by atoms with Gasteiger partial charge < -0.3 is 5.32 Å². The van der Waals surface area contributed by atoms with E-state index < -0.39 is 0 Å². The van der Waals surface area contributed by atoms with Crippen LogP contribution in [0.3, 0.4) is 0 Å². The van der Waals surface area contributed by atoms with Gasteiger partial charge in [0.1, 0.15) is 5.69 Å². The first-order chi connectivity index (χ1) is 9.95. The Hall–Kier alpha value is -2.02. The molecule has 110 valence electrons. The van der Waals surface area contributed by atoms with Crippen molar-refractivity contribution in [2.24, 2.45) is 5.92 Å². The van der Waals surface area contributed by atoms with Crippen LogP contribution < -0.4 is 5.32 Å². The molecule has 1 aliphatic rings. The number of amides is 1. The first-order valence-electron chi connectivity index (χ1n) is 6.86. The van der Waals surface area contributed by atoms with Crippen LogP contribution in [0.1, 0.15) is 36.8 Å². The van der Waals surface area contributed by atoms with Crippen molar-refractivity contribution in [3.05, 3.63) is 17.5 Å². The minimum absolute atomic E-state index is 0.0162. The molecular weight excluding hydrogens is 288 g/mol. The third-order valence-electron chi connectivity index (χ3n) is 3.34. The summed E-state index contributed by atoms with van der Waals surface area (Å²) >= 11 is 1.41. The van der Waals surface area contributed by atoms with Crippen LogP contribution in [-0.2, 0) is 17.6 Å². The molecule has 1 N–H and O–H groups in total. The number of fused-ring (bicyclic) bond motifs is 3. The highest BCUT2D eigenvalue weighted by Crippen LogP contribution is 2.38. The molecule has 6 nitrogen and oxygen atoms in total. The topological polar surface area (TPSA) is 76.9 Å². The van der Waals surface area contributed by atoms with Crippen LogP contribution in [0.15, 0.2) is 6.20 Å². The van der Waals surface area contributed by atoms with E-state index >= 15 is 0 Å². The van der Waals surface area contributed by atoms with E-state index in [9.17, 15) is 9.59 Å². The van der Waals surface area contributed by atoms with E-state index in [4.69, 9.17) is 0 Å². The van der Waals surface area contributed by atoms with Crippen LogP contribution in [0.4, 0.5) is 5.13 Å². The average Bonchev–Trinajstić information content (AvgIpc) is 2.98. The van der Waals surface area contributed by atoms with Crippen LogP contribution in [0.25, 0.3) is 10.6 Å². The zero-order chi connectivity index (χ0) is 15.1. The molecule has 0 atom stereocenters. The number of thiazole rings is 1. The van der Waals surface area contributed by atoms with Crippen molar-refractivity contribution in [2.45, 2.75) is 33.6 Å². The normalized spacial score (nSPS) is 13.0. The van der Waals surface area contributed by atoms with Crippen LogP contribution >= 0.6 is 11.3 Å². The van der Waals surface area contributed by atoms with Crippen molar-refractivity contribution >= 4 is 28.3 Å². The van der Waals surface area contributed by atoms with Gasteiger partial charge in [-0.2, -0.15) is 5.10 Å². The molecule has 7 heteroatoms. The standard InChI is InChI=1S/C14H16N4O2S/c1-7(2)13(20)18-6-9-4-5-10-12(11(9)17-18)21-14(16-10)15-8(3)19/h6-7H,4-5H2,1-3H3,(H,15,16,19). The summed E-state index contributed by atoms with van der Waals surface area (Å²) in [7, 11) is 0. The zero-order valence-electron chi connectivity index (χ0n) is 12.1. The Labute approximate surface area is 126 Å². The van der Waals surface area contributed by atoms with Crippen molar-refractivity contribution in [3.8, 4) is 10.6 Å². The van der Waals surface area contributed by atoms with Gasteiger partial charge in [-0.15, -0.1) is 0 Å². The quantitative estimate of drug-likeness (QED) is 0.924. The molecule has 21 heavy (non-hydrogen) atoms. The molecular formula is C14H16N4O2S. The van der Waals surface area contributed by atoms with Crippen molar-refractivity contribution < 1.29 is 9.59 Å². The molecule has 0 radical (unpaired) electrons. The summed E-state index contributed by atoms with van der Waals surface area (Å²) in [6.45, 7) is 5.17. The highest BCUT2D eigenvalue weighted by molar-refractivity contribution is 7.19. The van der Waals surface area contributed by atoms with Crippen molar-refractivity contribution in [3.63, 3.8) is 0 Å². The Morgan fingerprint density at radius 3 is 2.81 bits per heavy atom. The van der Waals surface area contributed by atoms with Gasteiger partial charge in [0.2, 0.25) is 11.8 Å². The molecule has 0 saturated heterocycles. The van der Waals surface area contributed by atoms with Crippen molar-refractivity contribution in [2.75, 3.05) is 5.32 Å². The second-order valence-electron chi connectivity index (χ2n) is 5.42. The summed E-state index contributed by atoms with van der Waals surface area (Å²) in [5, 5.41) is 7.73. The van der Waals surface area contributed by atoms with E-state index in [1.807, 2.05) is 20.0 Å². The van der Waals surface area contributed by atoms with Gasteiger partial charge in [0.05, 0.1) is 10.6 Å². The largest absolute Gasteiger partial charge is 0.302 e. The van der Waals surface area contributed by atoms with E-state index in [0.717, 1.165) is 34.7 Å². The number of rotatable bonds is 2. The second kappa shape index (κ2) is 5.07. The Balaban J connectivity index is 2.00. The summed E-state index contributed by atoms with van der Waals surface area (Å²) in [4.78, 5) is 28.6. The van der Waals surface area contributed by atoms with E-state index in [0.29, 0.717) is 5.13 Å². The van der Waals surface area contributed by atoms with Gasteiger partial charge in [-0.3, -0.25) is 9.59 Å². The molecule has 0 bridgehead atoms. The van der Waals surface area contributed by atoms with Gasteiger partial charge >= 0.3 is 0 Å². The Kier molecular flexibility index (Phi) is 3.36.